The molecule has 13 heavy (non-hydrogen) atoms. The van der Waals surface area contributed by atoms with E-state index in [1.807, 2.05) is 0 Å². The summed E-state index contributed by atoms with van der Waals surface area (Å²) < 4.78 is 36.9. The van der Waals surface area contributed by atoms with Crippen molar-refractivity contribution in [3.05, 3.63) is 35.5 Å². The average Bonchev–Trinajstić information content (AvgIpc) is 2.01. The topological polar surface area (TPSA) is 0 Å². The molecule has 0 radical (unpaired) electrons. The maximum atomic E-state index is 12.3. The smallest absolute Gasteiger partial charge is 0.166 e. The first-order valence-electron chi connectivity index (χ1n) is 3.88. The molecule has 0 saturated carbocycles. The van der Waals surface area contributed by atoms with Crippen LogP contribution in [-0.2, 0) is 0 Å². The van der Waals surface area contributed by atoms with Gasteiger partial charge in [-0.3, -0.25) is 0 Å². The molecule has 0 atom stereocenters. The summed E-state index contributed by atoms with van der Waals surface area (Å²) in [6, 6.07) is 0. The Kier molecular flexibility index (Phi) is 3.98. The molecule has 0 bridgehead atoms. The molecule has 0 aromatic carbocycles. The van der Waals surface area contributed by atoms with E-state index in [9.17, 15) is 13.2 Å². The van der Waals surface area contributed by atoms with Crippen LogP contribution in [-0.4, -0.2) is 6.18 Å². The van der Waals surface area contributed by atoms with Gasteiger partial charge in [-0.15, -0.1) is 0 Å². The van der Waals surface area contributed by atoms with Crippen LogP contribution in [0.5, 0.6) is 0 Å². The fraction of sp³-hybridized carbons (Fsp3) is 0.400. The van der Waals surface area contributed by atoms with Gasteiger partial charge in [-0.25, -0.2) is 0 Å². The van der Waals surface area contributed by atoms with Gasteiger partial charge in [-0.1, -0.05) is 24.3 Å². The van der Waals surface area contributed by atoms with Crippen LogP contribution < -0.4 is 0 Å². The molecule has 0 heterocycles. The Bertz CT molecular complexity index is 254. The lowest BCUT2D eigenvalue weighted by Gasteiger charge is -2.12. The zero-order valence-corrected chi connectivity index (χ0v) is 8.00. The lowest BCUT2D eigenvalue weighted by atomic mass is 10.0. The fourth-order valence-electron chi connectivity index (χ4n) is 0.910. The standard InChI is InChI=1S/C10H13F3/c1-5-7(3)8(4)9(6-2)10(11,12)13/h5-6H,2H2,1,3-4H3/b7-5-,9-8+. The molecule has 0 amide bonds. The lowest BCUT2D eigenvalue weighted by Crippen LogP contribution is -2.12. The third-order valence-electron chi connectivity index (χ3n) is 1.94. The van der Waals surface area contributed by atoms with Crippen molar-refractivity contribution in [1.82, 2.24) is 0 Å². The quantitative estimate of drug-likeness (QED) is 0.577. The van der Waals surface area contributed by atoms with Crippen LogP contribution in [0, 0.1) is 0 Å². The van der Waals surface area contributed by atoms with Crippen LogP contribution in [0.3, 0.4) is 0 Å². The molecule has 0 aliphatic heterocycles. The van der Waals surface area contributed by atoms with Gasteiger partial charge in [0.2, 0.25) is 0 Å². The van der Waals surface area contributed by atoms with Crippen LogP contribution >= 0.6 is 0 Å². The summed E-state index contributed by atoms with van der Waals surface area (Å²) in [5.74, 6) is 0. The largest absolute Gasteiger partial charge is 0.416 e. The van der Waals surface area contributed by atoms with Gasteiger partial charge in [-0.2, -0.15) is 13.2 Å². The highest BCUT2D eigenvalue weighted by Crippen LogP contribution is 2.31. The predicted molar refractivity (Wildman–Crippen MR) is 48.4 cm³/mol. The van der Waals surface area contributed by atoms with Crippen molar-refractivity contribution in [2.24, 2.45) is 0 Å². The normalized spacial score (nSPS) is 15.4. The molecule has 0 aliphatic rings. The first-order chi connectivity index (χ1) is 5.84. The highest BCUT2D eigenvalue weighted by atomic mass is 19.4. The van der Waals surface area contributed by atoms with E-state index in [1.54, 1.807) is 19.9 Å². The number of hydrogen-bond acceptors (Lipinski definition) is 0. The molecule has 0 aromatic rings. The number of hydrogen-bond donors (Lipinski definition) is 0. The molecule has 0 unspecified atom stereocenters. The minimum atomic E-state index is -4.31. The third-order valence-corrected chi connectivity index (χ3v) is 1.94. The van der Waals surface area contributed by atoms with Crippen LogP contribution in [0.15, 0.2) is 35.5 Å². The fourth-order valence-corrected chi connectivity index (χ4v) is 0.910. The Morgan fingerprint density at radius 1 is 1.23 bits per heavy atom. The van der Waals surface area contributed by atoms with Crippen molar-refractivity contribution in [1.29, 1.82) is 0 Å². The van der Waals surface area contributed by atoms with Crippen molar-refractivity contribution in [2.45, 2.75) is 26.9 Å². The van der Waals surface area contributed by atoms with Crippen molar-refractivity contribution in [3.8, 4) is 0 Å². The molecule has 0 rings (SSSR count). The van der Waals surface area contributed by atoms with Gasteiger partial charge in [0, 0.05) is 0 Å². The highest BCUT2D eigenvalue weighted by Gasteiger charge is 2.33. The second-order valence-electron chi connectivity index (χ2n) is 2.71. The molecular formula is C10H13F3. The summed E-state index contributed by atoms with van der Waals surface area (Å²) in [4.78, 5) is 0. The van der Waals surface area contributed by atoms with Gasteiger partial charge in [0.15, 0.2) is 0 Å². The minimum absolute atomic E-state index is 0.227. The number of rotatable bonds is 2. The minimum Gasteiger partial charge on any atom is -0.166 e. The highest BCUT2D eigenvalue weighted by molar-refractivity contribution is 5.39. The third kappa shape index (κ3) is 3.09. The van der Waals surface area contributed by atoms with Gasteiger partial charge in [0.25, 0.3) is 0 Å². The number of halogens is 3. The Morgan fingerprint density at radius 2 is 1.69 bits per heavy atom. The first-order valence-corrected chi connectivity index (χ1v) is 3.88. The molecule has 0 fully saturated rings. The molecule has 0 nitrogen and oxygen atoms in total. The van der Waals surface area contributed by atoms with Gasteiger partial charge in [0.1, 0.15) is 0 Å². The summed E-state index contributed by atoms with van der Waals surface area (Å²) in [5, 5.41) is 0. The summed E-state index contributed by atoms with van der Waals surface area (Å²) >= 11 is 0. The Labute approximate surface area is 76.5 Å². The van der Waals surface area contributed by atoms with Crippen LogP contribution in [0.4, 0.5) is 13.2 Å². The van der Waals surface area contributed by atoms with Crippen LogP contribution in [0.25, 0.3) is 0 Å². The lowest BCUT2D eigenvalue weighted by molar-refractivity contribution is -0.0888. The summed E-state index contributed by atoms with van der Waals surface area (Å²) in [6.45, 7) is 7.95. The number of allylic oxidation sites excluding steroid dienone is 5. The Morgan fingerprint density at radius 3 is 1.92 bits per heavy atom. The van der Waals surface area contributed by atoms with E-state index in [2.05, 4.69) is 6.58 Å². The second kappa shape index (κ2) is 4.30. The second-order valence-corrected chi connectivity index (χ2v) is 2.71. The van der Waals surface area contributed by atoms with Gasteiger partial charge >= 0.3 is 6.18 Å². The monoisotopic (exact) mass is 190 g/mol. The first kappa shape index (κ1) is 12.0. The van der Waals surface area contributed by atoms with E-state index in [1.165, 1.54) is 6.92 Å². The van der Waals surface area contributed by atoms with E-state index in [0.29, 0.717) is 5.57 Å². The molecule has 3 heteroatoms. The van der Waals surface area contributed by atoms with Crippen LogP contribution in [0.1, 0.15) is 20.8 Å². The van der Waals surface area contributed by atoms with E-state index in [0.717, 1.165) is 6.08 Å². The molecule has 0 aliphatic carbocycles. The zero-order valence-electron chi connectivity index (χ0n) is 8.00. The number of alkyl halides is 3. The zero-order chi connectivity index (χ0) is 10.6. The maximum absolute atomic E-state index is 12.3. The van der Waals surface area contributed by atoms with E-state index >= 15 is 0 Å². The van der Waals surface area contributed by atoms with Gasteiger partial charge in [-0.05, 0) is 26.3 Å². The molecule has 0 N–H and O–H groups in total. The SMILES string of the molecule is C=C/C(=C(C)\C(C)=C/C)C(F)(F)F. The average molecular weight is 190 g/mol. The van der Waals surface area contributed by atoms with E-state index in [4.69, 9.17) is 0 Å². The van der Waals surface area contributed by atoms with Crippen molar-refractivity contribution in [3.63, 3.8) is 0 Å². The Balaban J connectivity index is 5.27. The maximum Gasteiger partial charge on any atom is 0.416 e. The van der Waals surface area contributed by atoms with Gasteiger partial charge in [0.05, 0.1) is 5.57 Å². The molecule has 74 valence electrons. The predicted octanol–water partition coefficient (Wildman–Crippen LogP) is 4.02. The summed E-state index contributed by atoms with van der Waals surface area (Å²) in [5.41, 5.74) is 0.181. The molecule has 0 saturated heterocycles. The summed E-state index contributed by atoms with van der Waals surface area (Å²) in [7, 11) is 0. The molecule has 0 spiro atoms. The van der Waals surface area contributed by atoms with Crippen molar-refractivity contribution < 1.29 is 13.2 Å². The van der Waals surface area contributed by atoms with Crippen molar-refractivity contribution >= 4 is 0 Å². The van der Waals surface area contributed by atoms with Crippen molar-refractivity contribution in [2.75, 3.05) is 0 Å². The van der Waals surface area contributed by atoms with E-state index < -0.39 is 11.7 Å². The van der Waals surface area contributed by atoms with Crippen LogP contribution in [0.2, 0.25) is 0 Å². The molecule has 0 aromatic heterocycles. The Hall–Kier alpha value is -0.990. The molecular weight excluding hydrogens is 177 g/mol. The van der Waals surface area contributed by atoms with E-state index in [-0.39, 0.29) is 5.57 Å². The summed E-state index contributed by atoms with van der Waals surface area (Å²) in [6.07, 6.45) is -1.82. The van der Waals surface area contributed by atoms with Gasteiger partial charge < -0.3 is 0 Å².